The van der Waals surface area contributed by atoms with Gasteiger partial charge in [0.25, 0.3) is 0 Å². The number of aromatic nitrogens is 3. The summed E-state index contributed by atoms with van der Waals surface area (Å²) >= 11 is 2.06. The van der Waals surface area contributed by atoms with Gasteiger partial charge in [-0.05, 0) is 50.1 Å². The molecule has 106 valence electrons. The first kappa shape index (κ1) is 12.7. The fraction of sp³-hybridized carbons (Fsp3) is 0.600. The minimum atomic E-state index is 0.413. The van der Waals surface area contributed by atoms with Crippen molar-refractivity contribution in [1.82, 2.24) is 19.9 Å². The number of nitrogens with zero attached hydrogens (tertiary/aromatic N) is 3. The molecule has 2 aliphatic rings. The van der Waals surface area contributed by atoms with Crippen molar-refractivity contribution in [2.75, 3.05) is 18.1 Å². The number of thioether (sulfide) groups is 1. The standard InChI is InChI=1S/C15H20N4S/c1-5-12(16-7-1)15-18-13-6-2-8-17-14(13)19(15)11-4-3-9-20-10-11/h2,6,8,11-12,16H,1,3-5,7,9-10H2. The van der Waals surface area contributed by atoms with E-state index in [0.717, 1.165) is 17.7 Å². The van der Waals surface area contributed by atoms with Crippen LogP contribution < -0.4 is 5.32 Å². The van der Waals surface area contributed by atoms with Crippen molar-refractivity contribution in [2.45, 2.75) is 37.8 Å². The summed E-state index contributed by atoms with van der Waals surface area (Å²) in [5.41, 5.74) is 2.12. The molecule has 2 fully saturated rings. The van der Waals surface area contributed by atoms with Gasteiger partial charge in [-0.3, -0.25) is 0 Å². The van der Waals surface area contributed by atoms with Crippen molar-refractivity contribution in [3.05, 3.63) is 24.2 Å². The van der Waals surface area contributed by atoms with Gasteiger partial charge in [-0.1, -0.05) is 0 Å². The Hall–Kier alpha value is -1.07. The molecule has 2 aromatic rings. The summed E-state index contributed by atoms with van der Waals surface area (Å²) in [6, 6.07) is 5.05. The smallest absolute Gasteiger partial charge is 0.160 e. The summed E-state index contributed by atoms with van der Waals surface area (Å²) in [6.45, 7) is 1.11. The first-order valence-electron chi connectivity index (χ1n) is 7.57. The molecule has 4 rings (SSSR count). The Balaban J connectivity index is 1.83. The van der Waals surface area contributed by atoms with Crippen molar-refractivity contribution < 1.29 is 0 Å². The highest BCUT2D eigenvalue weighted by Gasteiger charge is 2.28. The number of rotatable bonds is 2. The molecule has 4 nitrogen and oxygen atoms in total. The quantitative estimate of drug-likeness (QED) is 0.922. The largest absolute Gasteiger partial charge is 0.307 e. The van der Waals surface area contributed by atoms with Gasteiger partial charge in [0.05, 0.1) is 6.04 Å². The van der Waals surface area contributed by atoms with Crippen LogP contribution >= 0.6 is 11.8 Å². The lowest BCUT2D eigenvalue weighted by molar-refractivity contribution is 0.461. The predicted octanol–water partition coefficient (Wildman–Crippen LogP) is 2.92. The Morgan fingerprint density at radius 1 is 1.30 bits per heavy atom. The molecule has 2 aliphatic heterocycles. The lowest BCUT2D eigenvalue weighted by Gasteiger charge is -2.26. The van der Waals surface area contributed by atoms with E-state index < -0.39 is 0 Å². The maximum absolute atomic E-state index is 4.90. The van der Waals surface area contributed by atoms with E-state index in [4.69, 9.17) is 4.98 Å². The van der Waals surface area contributed by atoms with Crippen LogP contribution in [0.2, 0.25) is 0 Å². The van der Waals surface area contributed by atoms with Crippen molar-refractivity contribution in [2.24, 2.45) is 0 Å². The summed E-state index contributed by atoms with van der Waals surface area (Å²) < 4.78 is 2.44. The Kier molecular flexibility index (Phi) is 3.40. The summed E-state index contributed by atoms with van der Waals surface area (Å²) in [5, 5.41) is 3.60. The fourth-order valence-electron chi connectivity index (χ4n) is 3.39. The monoisotopic (exact) mass is 288 g/mol. The van der Waals surface area contributed by atoms with Crippen LogP contribution in [0, 0.1) is 0 Å². The molecule has 4 heterocycles. The normalized spacial score (nSPS) is 27.2. The molecule has 1 N–H and O–H groups in total. The summed E-state index contributed by atoms with van der Waals surface area (Å²) in [4.78, 5) is 9.51. The number of hydrogen-bond donors (Lipinski definition) is 1. The van der Waals surface area contributed by atoms with Crippen LogP contribution in [0.3, 0.4) is 0 Å². The van der Waals surface area contributed by atoms with Gasteiger partial charge in [0, 0.05) is 18.0 Å². The second kappa shape index (κ2) is 5.37. The molecule has 0 spiro atoms. The van der Waals surface area contributed by atoms with E-state index >= 15 is 0 Å². The minimum Gasteiger partial charge on any atom is -0.307 e. The third-order valence-electron chi connectivity index (χ3n) is 4.35. The molecule has 2 aromatic heterocycles. The molecule has 0 aliphatic carbocycles. The van der Waals surface area contributed by atoms with Crippen LogP contribution in [0.5, 0.6) is 0 Å². The van der Waals surface area contributed by atoms with E-state index in [1.807, 2.05) is 12.3 Å². The van der Waals surface area contributed by atoms with Crippen molar-refractivity contribution in [1.29, 1.82) is 0 Å². The maximum Gasteiger partial charge on any atom is 0.160 e. The molecular weight excluding hydrogens is 268 g/mol. The van der Waals surface area contributed by atoms with Crippen LogP contribution in [0.4, 0.5) is 0 Å². The van der Waals surface area contributed by atoms with Crippen molar-refractivity contribution >= 4 is 22.9 Å². The number of imidazole rings is 1. The Morgan fingerprint density at radius 2 is 2.30 bits per heavy atom. The molecule has 2 atom stereocenters. The highest BCUT2D eigenvalue weighted by atomic mass is 32.2. The van der Waals surface area contributed by atoms with Gasteiger partial charge in [-0.15, -0.1) is 0 Å². The van der Waals surface area contributed by atoms with Gasteiger partial charge in [0.1, 0.15) is 11.3 Å². The van der Waals surface area contributed by atoms with Crippen LogP contribution in [0.25, 0.3) is 11.2 Å². The second-order valence-electron chi connectivity index (χ2n) is 5.71. The molecule has 0 bridgehead atoms. The van der Waals surface area contributed by atoms with Crippen molar-refractivity contribution in [3.63, 3.8) is 0 Å². The topological polar surface area (TPSA) is 42.7 Å². The van der Waals surface area contributed by atoms with Gasteiger partial charge in [-0.25, -0.2) is 9.97 Å². The Morgan fingerprint density at radius 3 is 3.10 bits per heavy atom. The van der Waals surface area contributed by atoms with Gasteiger partial charge in [0.15, 0.2) is 5.65 Å². The molecule has 0 aromatic carbocycles. The molecule has 0 saturated carbocycles. The Labute approximate surface area is 123 Å². The van der Waals surface area contributed by atoms with Crippen molar-refractivity contribution in [3.8, 4) is 0 Å². The zero-order valence-corrected chi connectivity index (χ0v) is 12.4. The number of hydrogen-bond acceptors (Lipinski definition) is 4. The average molecular weight is 288 g/mol. The SMILES string of the molecule is c1cnc2c(c1)nc(C1CCCN1)n2C1CCCSC1. The average Bonchev–Trinajstić information content (AvgIpc) is 3.15. The molecule has 0 radical (unpaired) electrons. The third kappa shape index (κ3) is 2.13. The number of pyridine rings is 1. The fourth-order valence-corrected chi connectivity index (χ4v) is 4.51. The van der Waals surface area contributed by atoms with Gasteiger partial charge in [-0.2, -0.15) is 11.8 Å². The summed E-state index contributed by atoms with van der Waals surface area (Å²) in [7, 11) is 0. The highest BCUT2D eigenvalue weighted by molar-refractivity contribution is 7.99. The van der Waals surface area contributed by atoms with E-state index in [2.05, 4.69) is 32.7 Å². The van der Waals surface area contributed by atoms with Gasteiger partial charge >= 0.3 is 0 Å². The molecule has 20 heavy (non-hydrogen) atoms. The summed E-state index contributed by atoms with van der Waals surface area (Å²) in [6.07, 6.45) is 6.90. The lowest BCUT2D eigenvalue weighted by atomic mass is 10.1. The maximum atomic E-state index is 4.90. The van der Waals surface area contributed by atoms with E-state index in [1.54, 1.807) is 0 Å². The van der Waals surface area contributed by atoms with E-state index in [0.29, 0.717) is 12.1 Å². The molecular formula is C15H20N4S. The molecule has 0 amide bonds. The van der Waals surface area contributed by atoms with Crippen LogP contribution in [-0.2, 0) is 0 Å². The Bertz CT molecular complexity index is 597. The first-order chi connectivity index (χ1) is 9.93. The van der Waals surface area contributed by atoms with E-state index in [9.17, 15) is 0 Å². The van der Waals surface area contributed by atoms with E-state index in [1.165, 1.54) is 43.0 Å². The lowest BCUT2D eigenvalue weighted by Crippen LogP contribution is -2.23. The third-order valence-corrected chi connectivity index (χ3v) is 5.55. The van der Waals surface area contributed by atoms with Crippen LogP contribution in [-0.4, -0.2) is 32.6 Å². The second-order valence-corrected chi connectivity index (χ2v) is 6.86. The zero-order chi connectivity index (χ0) is 13.4. The molecule has 2 unspecified atom stereocenters. The zero-order valence-electron chi connectivity index (χ0n) is 11.6. The van der Waals surface area contributed by atoms with Crippen LogP contribution in [0.1, 0.15) is 43.6 Å². The molecule has 5 heteroatoms. The van der Waals surface area contributed by atoms with Gasteiger partial charge in [0.2, 0.25) is 0 Å². The first-order valence-corrected chi connectivity index (χ1v) is 8.73. The predicted molar refractivity (Wildman–Crippen MR) is 83.1 cm³/mol. The number of nitrogens with one attached hydrogen (secondary N) is 1. The minimum absolute atomic E-state index is 0.413. The van der Waals surface area contributed by atoms with Gasteiger partial charge < -0.3 is 9.88 Å². The molecule has 2 saturated heterocycles. The summed E-state index contributed by atoms with van der Waals surface area (Å²) in [5.74, 6) is 3.71. The van der Waals surface area contributed by atoms with E-state index in [-0.39, 0.29) is 0 Å². The highest BCUT2D eigenvalue weighted by Crippen LogP contribution is 2.34. The van der Waals surface area contributed by atoms with Crippen LogP contribution in [0.15, 0.2) is 18.3 Å². The number of fused-ring (bicyclic) bond motifs is 1.